The van der Waals surface area contributed by atoms with E-state index in [1.165, 1.54) is 0 Å². The molecule has 0 saturated carbocycles. The van der Waals surface area contributed by atoms with Crippen LogP contribution in [0.3, 0.4) is 0 Å². The van der Waals surface area contributed by atoms with E-state index in [1.807, 2.05) is 6.92 Å². The molecule has 0 amide bonds. The van der Waals surface area contributed by atoms with Crippen molar-refractivity contribution in [2.75, 3.05) is 19.8 Å². The molecule has 3 heterocycles. The smallest absolute Gasteiger partial charge is 0.0951 e. The van der Waals surface area contributed by atoms with Crippen molar-refractivity contribution < 1.29 is 9.47 Å². The molecule has 0 aliphatic carbocycles. The van der Waals surface area contributed by atoms with E-state index >= 15 is 0 Å². The van der Waals surface area contributed by atoms with Gasteiger partial charge in [-0.2, -0.15) is 0 Å². The van der Waals surface area contributed by atoms with Crippen molar-refractivity contribution in [3.63, 3.8) is 0 Å². The predicted molar refractivity (Wildman–Crippen MR) is 75.5 cm³/mol. The van der Waals surface area contributed by atoms with Gasteiger partial charge in [0.1, 0.15) is 0 Å². The zero-order valence-electron chi connectivity index (χ0n) is 12.3. The number of aryl methyl sites for hydroxylation is 1. The fourth-order valence-electron chi connectivity index (χ4n) is 3.31. The summed E-state index contributed by atoms with van der Waals surface area (Å²) in [5.41, 5.74) is 1.99. The monoisotopic (exact) mass is 277 g/mol. The number of rotatable bonds is 3. The van der Waals surface area contributed by atoms with Gasteiger partial charge in [0.05, 0.1) is 23.6 Å². The molecule has 0 radical (unpaired) electrons. The molecule has 110 valence electrons. The van der Waals surface area contributed by atoms with E-state index < -0.39 is 0 Å². The zero-order valence-corrected chi connectivity index (χ0v) is 12.3. The van der Waals surface area contributed by atoms with Crippen LogP contribution in [0.5, 0.6) is 0 Å². The molecule has 1 aromatic heterocycles. The van der Waals surface area contributed by atoms with Crippen LogP contribution in [0, 0.1) is 6.92 Å². The van der Waals surface area contributed by atoms with Gasteiger partial charge >= 0.3 is 0 Å². The van der Waals surface area contributed by atoms with Crippen LogP contribution >= 0.6 is 0 Å². The van der Waals surface area contributed by atoms with Gasteiger partial charge in [-0.25, -0.2) is 0 Å². The van der Waals surface area contributed by atoms with E-state index in [-0.39, 0.29) is 11.6 Å². The summed E-state index contributed by atoms with van der Waals surface area (Å²) in [4.78, 5) is 8.77. The molecule has 20 heavy (non-hydrogen) atoms. The lowest BCUT2D eigenvalue weighted by Crippen LogP contribution is -2.48. The van der Waals surface area contributed by atoms with Crippen LogP contribution in [0.4, 0.5) is 0 Å². The fraction of sp³-hybridized carbons (Fsp3) is 0.733. The predicted octanol–water partition coefficient (Wildman–Crippen LogP) is 1.77. The molecule has 1 N–H and O–H groups in total. The maximum absolute atomic E-state index is 5.97. The first-order valence-electron chi connectivity index (χ1n) is 7.44. The Morgan fingerprint density at radius 1 is 1.35 bits per heavy atom. The Morgan fingerprint density at radius 2 is 2.20 bits per heavy atom. The van der Waals surface area contributed by atoms with Gasteiger partial charge in [0.25, 0.3) is 0 Å². The van der Waals surface area contributed by atoms with E-state index in [4.69, 9.17) is 9.47 Å². The third kappa shape index (κ3) is 2.85. The number of ether oxygens (including phenoxy) is 2. The molecular formula is C15H23N3O2. The van der Waals surface area contributed by atoms with Gasteiger partial charge in [0.15, 0.2) is 0 Å². The van der Waals surface area contributed by atoms with Crippen LogP contribution in [-0.2, 0) is 9.47 Å². The van der Waals surface area contributed by atoms with Crippen molar-refractivity contribution in [2.24, 2.45) is 0 Å². The SMILES string of the molecule is Cc1nccnc1[C@H](C)N[C@@H]1CCO[C@@]2(CCOC2)C1. The second-order valence-electron chi connectivity index (χ2n) is 5.94. The van der Waals surface area contributed by atoms with E-state index in [1.54, 1.807) is 12.4 Å². The maximum atomic E-state index is 5.97. The van der Waals surface area contributed by atoms with Gasteiger partial charge in [-0.15, -0.1) is 0 Å². The molecule has 0 aromatic carbocycles. The Kier molecular flexibility index (Phi) is 4.01. The Balaban J connectivity index is 1.64. The molecule has 2 fully saturated rings. The molecule has 2 saturated heterocycles. The van der Waals surface area contributed by atoms with Crippen molar-refractivity contribution >= 4 is 0 Å². The zero-order chi connectivity index (χ0) is 14.0. The summed E-state index contributed by atoms with van der Waals surface area (Å²) in [6.45, 7) is 6.55. The molecule has 2 aliphatic heterocycles. The van der Waals surface area contributed by atoms with Crippen molar-refractivity contribution in [1.29, 1.82) is 0 Å². The minimum absolute atomic E-state index is 0.0486. The Bertz CT molecular complexity index is 460. The highest BCUT2D eigenvalue weighted by atomic mass is 16.6. The highest BCUT2D eigenvalue weighted by Crippen LogP contribution is 2.33. The highest BCUT2D eigenvalue weighted by molar-refractivity contribution is 5.13. The van der Waals surface area contributed by atoms with Crippen molar-refractivity contribution in [2.45, 2.75) is 50.8 Å². The first-order chi connectivity index (χ1) is 9.69. The normalized spacial score (nSPS) is 31.6. The third-order valence-corrected chi connectivity index (χ3v) is 4.38. The largest absolute Gasteiger partial charge is 0.378 e. The highest BCUT2D eigenvalue weighted by Gasteiger charge is 2.41. The van der Waals surface area contributed by atoms with Gasteiger partial charge in [-0.3, -0.25) is 9.97 Å². The standard InChI is InChI=1S/C15H23N3O2/c1-11-14(17-6-5-16-11)12(2)18-13-3-7-20-15(9-13)4-8-19-10-15/h5-6,12-13,18H,3-4,7-10H2,1-2H3/t12-,13+,15-/m0/s1. The van der Waals surface area contributed by atoms with Gasteiger partial charge < -0.3 is 14.8 Å². The topological polar surface area (TPSA) is 56.3 Å². The summed E-state index contributed by atoms with van der Waals surface area (Å²) in [5, 5.41) is 3.69. The molecule has 5 nitrogen and oxygen atoms in total. The molecule has 1 spiro atoms. The second kappa shape index (κ2) is 5.76. The summed E-state index contributed by atoms with van der Waals surface area (Å²) >= 11 is 0. The van der Waals surface area contributed by atoms with Crippen LogP contribution in [-0.4, -0.2) is 41.4 Å². The van der Waals surface area contributed by atoms with Gasteiger partial charge in [0, 0.05) is 44.1 Å². The maximum Gasteiger partial charge on any atom is 0.0951 e. The number of aromatic nitrogens is 2. The summed E-state index contributed by atoms with van der Waals surface area (Å²) in [7, 11) is 0. The lowest BCUT2D eigenvalue weighted by Gasteiger charge is -2.38. The number of hydrogen-bond acceptors (Lipinski definition) is 5. The van der Waals surface area contributed by atoms with E-state index in [9.17, 15) is 0 Å². The van der Waals surface area contributed by atoms with Crippen molar-refractivity contribution in [3.8, 4) is 0 Å². The van der Waals surface area contributed by atoms with Crippen LogP contribution in [0.25, 0.3) is 0 Å². The average molecular weight is 277 g/mol. The van der Waals surface area contributed by atoms with E-state index in [0.717, 1.165) is 50.5 Å². The lowest BCUT2D eigenvalue weighted by atomic mass is 9.89. The Morgan fingerprint density at radius 3 is 2.95 bits per heavy atom. The number of nitrogens with zero attached hydrogens (tertiary/aromatic N) is 2. The number of nitrogens with one attached hydrogen (secondary N) is 1. The molecule has 3 rings (SSSR count). The van der Waals surface area contributed by atoms with Crippen LogP contribution in [0.15, 0.2) is 12.4 Å². The molecule has 0 unspecified atom stereocenters. The minimum atomic E-state index is -0.0486. The minimum Gasteiger partial charge on any atom is -0.378 e. The fourth-order valence-corrected chi connectivity index (χ4v) is 3.31. The molecule has 1 aromatic rings. The van der Waals surface area contributed by atoms with E-state index in [2.05, 4.69) is 22.2 Å². The first kappa shape index (κ1) is 13.9. The van der Waals surface area contributed by atoms with Crippen molar-refractivity contribution in [1.82, 2.24) is 15.3 Å². The molecule has 3 atom stereocenters. The molecule has 2 aliphatic rings. The molecular weight excluding hydrogens is 254 g/mol. The lowest BCUT2D eigenvalue weighted by molar-refractivity contribution is -0.0902. The van der Waals surface area contributed by atoms with Crippen LogP contribution in [0.2, 0.25) is 0 Å². The molecule has 5 heteroatoms. The van der Waals surface area contributed by atoms with Gasteiger partial charge in [-0.05, 0) is 26.7 Å². The van der Waals surface area contributed by atoms with E-state index in [0.29, 0.717) is 6.04 Å². The third-order valence-electron chi connectivity index (χ3n) is 4.38. The molecule has 0 bridgehead atoms. The van der Waals surface area contributed by atoms with Gasteiger partial charge in [-0.1, -0.05) is 0 Å². The Hall–Kier alpha value is -1.04. The summed E-state index contributed by atoms with van der Waals surface area (Å²) in [6, 6.07) is 0.674. The number of hydrogen-bond donors (Lipinski definition) is 1. The second-order valence-corrected chi connectivity index (χ2v) is 5.94. The first-order valence-corrected chi connectivity index (χ1v) is 7.44. The van der Waals surface area contributed by atoms with Crippen LogP contribution < -0.4 is 5.32 Å². The summed E-state index contributed by atoms with van der Waals surface area (Å²) in [6.07, 6.45) is 6.59. The summed E-state index contributed by atoms with van der Waals surface area (Å²) in [5.74, 6) is 0. The Labute approximate surface area is 120 Å². The average Bonchev–Trinajstić information content (AvgIpc) is 2.87. The summed E-state index contributed by atoms with van der Waals surface area (Å²) < 4.78 is 11.5. The van der Waals surface area contributed by atoms with Crippen LogP contribution in [0.1, 0.15) is 43.6 Å². The van der Waals surface area contributed by atoms with Crippen molar-refractivity contribution in [3.05, 3.63) is 23.8 Å². The quantitative estimate of drug-likeness (QED) is 0.912. The van der Waals surface area contributed by atoms with Gasteiger partial charge in [0.2, 0.25) is 0 Å².